The summed E-state index contributed by atoms with van der Waals surface area (Å²) in [6.07, 6.45) is 0.948. The zero-order chi connectivity index (χ0) is 25.3. The van der Waals surface area contributed by atoms with Gasteiger partial charge >= 0.3 is 0 Å². The van der Waals surface area contributed by atoms with Crippen molar-refractivity contribution >= 4 is 28.9 Å². The van der Waals surface area contributed by atoms with E-state index in [4.69, 9.17) is 10.00 Å². The maximum Gasteiger partial charge on any atom is 0.255 e. The number of anilines is 3. The summed E-state index contributed by atoms with van der Waals surface area (Å²) in [5, 5.41) is 14.8. The van der Waals surface area contributed by atoms with Crippen LogP contribution in [0.1, 0.15) is 22.3 Å². The minimum absolute atomic E-state index is 0.0898. The molecule has 8 nitrogen and oxygen atoms in total. The second-order valence-corrected chi connectivity index (χ2v) is 8.56. The van der Waals surface area contributed by atoms with E-state index in [0.29, 0.717) is 34.8 Å². The number of hydrogen-bond donors (Lipinski definition) is 2. The average Bonchev–Trinajstić information content (AvgIpc) is 3.15. The van der Waals surface area contributed by atoms with Gasteiger partial charge in [-0.15, -0.1) is 0 Å². The lowest BCUT2D eigenvalue weighted by Gasteiger charge is -2.23. The number of hydrogen-bond acceptors (Lipinski definition) is 6. The first-order valence-corrected chi connectivity index (χ1v) is 11.9. The van der Waals surface area contributed by atoms with E-state index in [1.54, 1.807) is 43.5 Å². The lowest BCUT2D eigenvalue weighted by Crippen LogP contribution is -2.36. The van der Waals surface area contributed by atoms with Crippen LogP contribution in [0.15, 0.2) is 72.8 Å². The molecular formula is C28H29N5O3. The fraction of sp³-hybridized carbons (Fsp3) is 0.250. The van der Waals surface area contributed by atoms with Crippen LogP contribution < -0.4 is 20.3 Å². The van der Waals surface area contributed by atoms with Crippen molar-refractivity contribution in [2.24, 2.45) is 0 Å². The van der Waals surface area contributed by atoms with Gasteiger partial charge in [0.2, 0.25) is 5.91 Å². The molecule has 1 aliphatic heterocycles. The van der Waals surface area contributed by atoms with E-state index in [1.165, 1.54) is 0 Å². The van der Waals surface area contributed by atoms with Gasteiger partial charge in [-0.25, -0.2) is 0 Å². The summed E-state index contributed by atoms with van der Waals surface area (Å²) in [4.78, 5) is 29.7. The van der Waals surface area contributed by atoms with Crippen LogP contribution in [0.3, 0.4) is 0 Å². The van der Waals surface area contributed by atoms with Gasteiger partial charge in [-0.2, -0.15) is 5.26 Å². The second kappa shape index (κ2) is 11.9. The highest BCUT2D eigenvalue weighted by Crippen LogP contribution is 2.24. The van der Waals surface area contributed by atoms with Crippen LogP contribution in [0.5, 0.6) is 5.75 Å². The van der Waals surface area contributed by atoms with Crippen LogP contribution in [-0.4, -0.2) is 56.5 Å². The number of ether oxygens (including phenoxy) is 1. The molecule has 4 rings (SSSR count). The number of carbonyl (C=O) groups is 2. The molecule has 3 aromatic carbocycles. The highest BCUT2D eigenvalue weighted by Gasteiger charge is 2.18. The largest absolute Gasteiger partial charge is 0.495 e. The predicted octanol–water partition coefficient (Wildman–Crippen LogP) is 3.97. The molecule has 1 fully saturated rings. The lowest BCUT2D eigenvalue weighted by molar-refractivity contribution is -0.117. The Morgan fingerprint density at radius 2 is 1.67 bits per heavy atom. The molecule has 2 N–H and O–H groups in total. The van der Waals surface area contributed by atoms with Crippen molar-refractivity contribution in [3.8, 4) is 11.8 Å². The predicted molar refractivity (Wildman–Crippen MR) is 140 cm³/mol. The van der Waals surface area contributed by atoms with Crippen LogP contribution in [0.4, 0.5) is 17.1 Å². The molecule has 184 valence electrons. The van der Waals surface area contributed by atoms with Gasteiger partial charge in [-0.3, -0.25) is 14.5 Å². The maximum atomic E-state index is 12.7. The normalized spacial score (nSPS) is 13.8. The molecule has 1 aliphatic rings. The molecule has 0 atom stereocenters. The molecule has 1 saturated heterocycles. The number of carbonyl (C=O) groups excluding carboxylic acids is 2. The van der Waals surface area contributed by atoms with Gasteiger partial charge in [0.05, 0.1) is 31.0 Å². The molecule has 0 spiro atoms. The van der Waals surface area contributed by atoms with Crippen LogP contribution in [0.25, 0.3) is 0 Å². The quantitative estimate of drug-likeness (QED) is 0.528. The standard InChI is InChI=1S/C28H29N5O3/c1-36-26-6-3-2-5-25(26)31-28(35)22-9-11-23(12-10-22)30-27(34)20-32-15-4-16-33(18-17-32)24-13-7-21(19-29)8-14-24/h2-3,5-14H,4,15-18,20H2,1H3,(H,30,34)(H,31,35). The highest BCUT2D eigenvalue weighted by molar-refractivity contribution is 6.05. The first kappa shape index (κ1) is 24.8. The molecule has 0 bridgehead atoms. The number of rotatable bonds is 7. The third kappa shape index (κ3) is 6.40. The SMILES string of the molecule is COc1ccccc1NC(=O)c1ccc(NC(=O)CN2CCCN(c3ccc(C#N)cc3)CC2)cc1. The Bertz CT molecular complexity index is 1240. The topological polar surface area (TPSA) is 97.7 Å². The number of methoxy groups -OCH3 is 1. The monoisotopic (exact) mass is 483 g/mol. The summed E-state index contributed by atoms with van der Waals surface area (Å²) in [7, 11) is 1.56. The van der Waals surface area contributed by atoms with E-state index < -0.39 is 0 Å². The van der Waals surface area contributed by atoms with Crippen LogP contribution >= 0.6 is 0 Å². The molecule has 0 radical (unpaired) electrons. The molecule has 0 unspecified atom stereocenters. The summed E-state index contributed by atoms with van der Waals surface area (Å²) in [5.41, 5.74) is 3.46. The molecular weight excluding hydrogens is 454 g/mol. The summed E-state index contributed by atoms with van der Waals surface area (Å²) in [5.74, 6) is 0.241. The second-order valence-electron chi connectivity index (χ2n) is 8.56. The Kier molecular flexibility index (Phi) is 8.16. The van der Waals surface area contributed by atoms with Gasteiger partial charge in [-0.1, -0.05) is 12.1 Å². The van der Waals surface area contributed by atoms with Crippen molar-refractivity contribution in [2.45, 2.75) is 6.42 Å². The van der Waals surface area contributed by atoms with Gasteiger partial charge in [0, 0.05) is 43.1 Å². The molecule has 0 aliphatic carbocycles. The van der Waals surface area contributed by atoms with E-state index in [2.05, 4.69) is 26.5 Å². The van der Waals surface area contributed by atoms with Crippen LogP contribution in [0.2, 0.25) is 0 Å². The summed E-state index contributed by atoms with van der Waals surface area (Å²) in [6.45, 7) is 3.63. The number of para-hydroxylation sites is 2. The Morgan fingerprint density at radius 3 is 2.39 bits per heavy atom. The average molecular weight is 484 g/mol. The zero-order valence-corrected chi connectivity index (χ0v) is 20.2. The van der Waals surface area contributed by atoms with Crippen molar-refractivity contribution in [3.63, 3.8) is 0 Å². The van der Waals surface area contributed by atoms with E-state index in [1.807, 2.05) is 36.4 Å². The van der Waals surface area contributed by atoms with E-state index in [0.717, 1.165) is 38.3 Å². The van der Waals surface area contributed by atoms with Crippen molar-refractivity contribution in [1.29, 1.82) is 5.26 Å². The van der Waals surface area contributed by atoms with Crippen molar-refractivity contribution in [2.75, 3.05) is 55.4 Å². The molecule has 3 aromatic rings. The van der Waals surface area contributed by atoms with Gasteiger partial charge in [0.15, 0.2) is 0 Å². The molecule has 8 heteroatoms. The Morgan fingerprint density at radius 1 is 0.917 bits per heavy atom. The minimum atomic E-state index is -0.256. The van der Waals surface area contributed by atoms with E-state index in [-0.39, 0.29) is 11.8 Å². The molecule has 0 aromatic heterocycles. The molecule has 1 heterocycles. The van der Waals surface area contributed by atoms with E-state index in [9.17, 15) is 9.59 Å². The Labute approximate surface area is 211 Å². The summed E-state index contributed by atoms with van der Waals surface area (Å²) < 4.78 is 5.27. The number of nitrogens with zero attached hydrogens (tertiary/aromatic N) is 3. The first-order chi connectivity index (χ1) is 17.6. The molecule has 0 saturated carbocycles. The van der Waals surface area contributed by atoms with Crippen molar-refractivity contribution in [3.05, 3.63) is 83.9 Å². The summed E-state index contributed by atoms with van der Waals surface area (Å²) in [6, 6.07) is 23.8. The number of nitriles is 1. The first-order valence-electron chi connectivity index (χ1n) is 11.9. The van der Waals surface area contributed by atoms with Gasteiger partial charge < -0.3 is 20.3 Å². The van der Waals surface area contributed by atoms with Crippen LogP contribution in [-0.2, 0) is 4.79 Å². The smallest absolute Gasteiger partial charge is 0.255 e. The minimum Gasteiger partial charge on any atom is -0.495 e. The summed E-state index contributed by atoms with van der Waals surface area (Å²) >= 11 is 0. The van der Waals surface area contributed by atoms with Crippen LogP contribution in [0, 0.1) is 11.3 Å². The van der Waals surface area contributed by atoms with Crippen molar-refractivity contribution < 1.29 is 14.3 Å². The van der Waals surface area contributed by atoms with Gasteiger partial charge in [-0.05, 0) is 67.1 Å². The Hall–Kier alpha value is -4.35. The number of amides is 2. The number of nitrogens with one attached hydrogen (secondary N) is 2. The molecule has 36 heavy (non-hydrogen) atoms. The third-order valence-electron chi connectivity index (χ3n) is 6.10. The third-order valence-corrected chi connectivity index (χ3v) is 6.10. The number of benzene rings is 3. The fourth-order valence-electron chi connectivity index (χ4n) is 4.18. The Balaban J connectivity index is 1.27. The highest BCUT2D eigenvalue weighted by atomic mass is 16.5. The van der Waals surface area contributed by atoms with Gasteiger partial charge in [0.1, 0.15) is 5.75 Å². The van der Waals surface area contributed by atoms with E-state index >= 15 is 0 Å². The maximum absolute atomic E-state index is 12.7. The fourth-order valence-corrected chi connectivity index (χ4v) is 4.18. The lowest BCUT2D eigenvalue weighted by atomic mass is 10.2. The molecule has 2 amide bonds. The van der Waals surface area contributed by atoms with Gasteiger partial charge in [0.25, 0.3) is 5.91 Å². The van der Waals surface area contributed by atoms with Crippen molar-refractivity contribution in [1.82, 2.24) is 4.90 Å². The zero-order valence-electron chi connectivity index (χ0n) is 20.2.